The van der Waals surface area contributed by atoms with Crippen LogP contribution in [-0.4, -0.2) is 53.8 Å². The molecule has 1 amide bonds. The molecule has 2 aromatic rings. The molecule has 0 aromatic heterocycles. The van der Waals surface area contributed by atoms with Crippen molar-refractivity contribution in [2.45, 2.75) is 57.2 Å². The highest BCUT2D eigenvalue weighted by Crippen LogP contribution is 2.26. The molecule has 0 radical (unpaired) electrons. The third-order valence-electron chi connectivity index (χ3n) is 7.20. The number of hydrogen-bond donors (Lipinski definition) is 2. The van der Waals surface area contributed by atoms with Crippen LogP contribution in [0, 0.1) is 5.82 Å². The van der Waals surface area contributed by atoms with E-state index in [9.17, 15) is 9.18 Å². The highest BCUT2D eigenvalue weighted by Gasteiger charge is 2.31. The first-order valence-corrected chi connectivity index (χ1v) is 12.6. The molecule has 180 valence electrons. The quantitative estimate of drug-likeness (QED) is 0.662. The van der Waals surface area contributed by atoms with Crippen LogP contribution >= 0.6 is 0 Å². The van der Waals surface area contributed by atoms with Crippen molar-refractivity contribution in [3.63, 3.8) is 0 Å². The van der Waals surface area contributed by atoms with E-state index in [-0.39, 0.29) is 23.9 Å². The molecule has 7 heteroatoms. The number of likely N-dealkylation sites (tertiary alicyclic amines) is 2. The van der Waals surface area contributed by atoms with E-state index >= 15 is 0 Å². The molecule has 1 unspecified atom stereocenters. The molecule has 2 saturated heterocycles. The molecular weight excluding hydrogens is 429 g/mol. The summed E-state index contributed by atoms with van der Waals surface area (Å²) in [5.41, 5.74) is 7.19. The Bertz CT molecular complexity index is 995. The van der Waals surface area contributed by atoms with Crippen LogP contribution in [0.4, 0.5) is 10.1 Å². The lowest BCUT2D eigenvalue weighted by Gasteiger charge is -2.38. The number of halogens is 1. The lowest BCUT2D eigenvalue weighted by molar-refractivity contribution is -0.137. The van der Waals surface area contributed by atoms with Gasteiger partial charge in [0.25, 0.3) is 5.91 Å². The number of nitrogens with one attached hydrogen (secondary N) is 2. The standard InChI is InChI=1S/C27H34FN5O/c28-22-11-7-20(8-12-22)24-19-25(31-30-24)21-9-13-23(14-10-21)29-26(32-15-3-1-4-16-32)27(34)33-17-5-2-6-18-33/h7-14,24,26,29-30H,1-6,15-19H2/t24-,26?/m0/s1. The first kappa shape index (κ1) is 22.8. The van der Waals surface area contributed by atoms with Gasteiger partial charge in [0.2, 0.25) is 0 Å². The van der Waals surface area contributed by atoms with E-state index < -0.39 is 0 Å². The van der Waals surface area contributed by atoms with E-state index in [0.29, 0.717) is 0 Å². The fourth-order valence-electron chi connectivity index (χ4n) is 5.20. The van der Waals surface area contributed by atoms with Gasteiger partial charge in [-0.25, -0.2) is 4.39 Å². The van der Waals surface area contributed by atoms with Crippen molar-refractivity contribution in [1.29, 1.82) is 0 Å². The van der Waals surface area contributed by atoms with Crippen molar-refractivity contribution < 1.29 is 9.18 Å². The van der Waals surface area contributed by atoms with Crippen LogP contribution in [0.25, 0.3) is 0 Å². The van der Waals surface area contributed by atoms with Crippen molar-refractivity contribution >= 4 is 17.3 Å². The Morgan fingerprint density at radius 2 is 1.56 bits per heavy atom. The minimum Gasteiger partial charge on any atom is -0.362 e. The van der Waals surface area contributed by atoms with Gasteiger partial charge >= 0.3 is 0 Å². The van der Waals surface area contributed by atoms with Gasteiger partial charge in [0.15, 0.2) is 6.17 Å². The van der Waals surface area contributed by atoms with Gasteiger partial charge in [-0.05, 0) is 67.5 Å². The molecule has 3 aliphatic heterocycles. The molecule has 0 bridgehead atoms. The summed E-state index contributed by atoms with van der Waals surface area (Å²) in [5, 5.41) is 8.07. The maximum Gasteiger partial charge on any atom is 0.260 e. The molecule has 2 N–H and O–H groups in total. The van der Waals surface area contributed by atoms with Gasteiger partial charge < -0.3 is 15.6 Å². The van der Waals surface area contributed by atoms with E-state index in [1.54, 1.807) is 12.1 Å². The summed E-state index contributed by atoms with van der Waals surface area (Å²) in [5.74, 6) is -0.0233. The van der Waals surface area contributed by atoms with Gasteiger partial charge in [0.05, 0.1) is 11.8 Å². The topological polar surface area (TPSA) is 60.0 Å². The van der Waals surface area contributed by atoms with Crippen molar-refractivity contribution in [2.24, 2.45) is 5.10 Å². The fourth-order valence-corrected chi connectivity index (χ4v) is 5.20. The van der Waals surface area contributed by atoms with Crippen molar-refractivity contribution in [3.05, 3.63) is 65.5 Å². The monoisotopic (exact) mass is 463 g/mol. The zero-order valence-electron chi connectivity index (χ0n) is 19.7. The second kappa shape index (κ2) is 10.6. The Kier molecular flexibility index (Phi) is 7.09. The average Bonchev–Trinajstić information content (AvgIpc) is 3.39. The summed E-state index contributed by atoms with van der Waals surface area (Å²) < 4.78 is 13.2. The number of hydrogen-bond acceptors (Lipinski definition) is 5. The molecule has 2 atom stereocenters. The predicted molar refractivity (Wildman–Crippen MR) is 133 cm³/mol. The third kappa shape index (κ3) is 5.25. The van der Waals surface area contributed by atoms with Crippen LogP contribution in [0.2, 0.25) is 0 Å². The minimum absolute atomic E-state index is 0.0547. The summed E-state index contributed by atoms with van der Waals surface area (Å²) in [6.07, 6.45) is 7.39. The summed E-state index contributed by atoms with van der Waals surface area (Å²) in [7, 11) is 0. The Hall–Kier alpha value is -2.93. The van der Waals surface area contributed by atoms with Gasteiger partial charge in [0, 0.05) is 38.3 Å². The third-order valence-corrected chi connectivity index (χ3v) is 7.20. The Morgan fingerprint density at radius 3 is 2.24 bits per heavy atom. The van der Waals surface area contributed by atoms with Gasteiger partial charge in [0.1, 0.15) is 5.82 Å². The maximum atomic E-state index is 13.4. The summed E-state index contributed by atoms with van der Waals surface area (Å²) in [6.45, 7) is 3.66. The number of hydrazone groups is 1. The normalized spacial score (nSPS) is 22.1. The maximum absolute atomic E-state index is 13.4. The van der Waals surface area contributed by atoms with E-state index in [1.165, 1.54) is 25.0 Å². The molecule has 3 aliphatic rings. The van der Waals surface area contributed by atoms with E-state index in [1.807, 2.05) is 17.0 Å². The number of rotatable bonds is 6. The van der Waals surface area contributed by atoms with Crippen LogP contribution in [0.3, 0.4) is 0 Å². The molecule has 6 nitrogen and oxygen atoms in total. The van der Waals surface area contributed by atoms with E-state index in [4.69, 9.17) is 0 Å². The van der Waals surface area contributed by atoms with Crippen LogP contribution < -0.4 is 10.7 Å². The fraction of sp³-hybridized carbons (Fsp3) is 0.481. The van der Waals surface area contributed by atoms with Gasteiger partial charge in [-0.3, -0.25) is 9.69 Å². The summed E-state index contributed by atoms with van der Waals surface area (Å²) in [6, 6.07) is 14.9. The molecule has 0 spiro atoms. The molecule has 34 heavy (non-hydrogen) atoms. The number of nitrogens with zero attached hydrogens (tertiary/aromatic N) is 3. The molecule has 2 aromatic carbocycles. The highest BCUT2D eigenvalue weighted by atomic mass is 19.1. The number of carbonyl (C=O) groups is 1. The van der Waals surface area contributed by atoms with Crippen molar-refractivity contribution in [3.8, 4) is 0 Å². The first-order chi connectivity index (χ1) is 16.7. The van der Waals surface area contributed by atoms with Gasteiger partial charge in [-0.1, -0.05) is 30.7 Å². The minimum atomic E-state index is -0.308. The zero-order chi connectivity index (χ0) is 23.3. The summed E-state index contributed by atoms with van der Waals surface area (Å²) in [4.78, 5) is 17.8. The van der Waals surface area contributed by atoms with Crippen LogP contribution in [0.5, 0.6) is 0 Å². The predicted octanol–water partition coefficient (Wildman–Crippen LogP) is 4.50. The number of carbonyl (C=O) groups excluding carboxylic acids is 1. The highest BCUT2D eigenvalue weighted by molar-refractivity contribution is 6.02. The van der Waals surface area contributed by atoms with Crippen LogP contribution in [0.15, 0.2) is 53.6 Å². The van der Waals surface area contributed by atoms with Gasteiger partial charge in [-0.2, -0.15) is 5.10 Å². The smallest absolute Gasteiger partial charge is 0.260 e. The van der Waals surface area contributed by atoms with Crippen molar-refractivity contribution in [2.75, 3.05) is 31.5 Å². The van der Waals surface area contributed by atoms with Gasteiger partial charge in [-0.15, -0.1) is 0 Å². The van der Waals surface area contributed by atoms with Crippen molar-refractivity contribution in [1.82, 2.24) is 15.2 Å². The van der Waals surface area contributed by atoms with Crippen LogP contribution in [-0.2, 0) is 4.79 Å². The lowest BCUT2D eigenvalue weighted by Crippen LogP contribution is -2.55. The Morgan fingerprint density at radius 1 is 0.912 bits per heavy atom. The first-order valence-electron chi connectivity index (χ1n) is 12.6. The second-order valence-corrected chi connectivity index (χ2v) is 9.60. The number of amides is 1. The number of piperidine rings is 2. The molecule has 0 saturated carbocycles. The molecule has 3 heterocycles. The number of benzene rings is 2. The molecular formula is C27H34FN5O. The molecule has 0 aliphatic carbocycles. The molecule has 5 rings (SSSR count). The Balaban J connectivity index is 1.25. The number of anilines is 1. The largest absolute Gasteiger partial charge is 0.362 e. The zero-order valence-corrected chi connectivity index (χ0v) is 19.7. The van der Waals surface area contributed by atoms with E-state index in [0.717, 1.165) is 80.8 Å². The Labute approximate surface area is 201 Å². The summed E-state index contributed by atoms with van der Waals surface area (Å²) >= 11 is 0. The lowest BCUT2D eigenvalue weighted by atomic mass is 9.99. The average molecular weight is 464 g/mol. The van der Waals surface area contributed by atoms with E-state index in [2.05, 4.69) is 32.9 Å². The SMILES string of the molecule is O=C(C(Nc1ccc(C2=NN[C@H](c3ccc(F)cc3)C2)cc1)N1CCCCC1)N1CCCCC1. The second-order valence-electron chi connectivity index (χ2n) is 9.60. The molecule has 2 fully saturated rings. The van der Waals surface area contributed by atoms with Crippen LogP contribution in [0.1, 0.15) is 62.1 Å².